The van der Waals surface area contributed by atoms with Gasteiger partial charge in [-0.05, 0) is 43.7 Å². The van der Waals surface area contributed by atoms with Gasteiger partial charge >= 0.3 is 0 Å². The largest absolute Gasteiger partial charge is 0.497 e. The number of benzene rings is 2. The zero-order chi connectivity index (χ0) is 22.0. The predicted molar refractivity (Wildman–Crippen MR) is 118 cm³/mol. The SMILES string of the molecule is COc1ccc(CN2CC(C(=O)Nc3c(C)nn(-c4ccccc4)c3C)CC2=O)cc1. The molecule has 31 heavy (non-hydrogen) atoms. The van der Waals surface area contributed by atoms with Gasteiger partial charge in [-0.2, -0.15) is 5.10 Å². The monoisotopic (exact) mass is 418 g/mol. The van der Waals surface area contributed by atoms with Crippen molar-refractivity contribution in [1.82, 2.24) is 14.7 Å². The van der Waals surface area contributed by atoms with Crippen molar-refractivity contribution in [3.05, 3.63) is 71.5 Å². The molecule has 0 bridgehead atoms. The third-order valence-electron chi connectivity index (χ3n) is 5.66. The Kier molecular flexibility index (Phi) is 5.75. The fraction of sp³-hybridized carbons (Fsp3) is 0.292. The lowest BCUT2D eigenvalue weighted by Crippen LogP contribution is -2.28. The number of likely N-dealkylation sites (tertiary alicyclic amines) is 1. The maximum absolute atomic E-state index is 12.9. The molecule has 160 valence electrons. The number of carbonyl (C=O) groups excluding carboxylic acids is 2. The maximum Gasteiger partial charge on any atom is 0.229 e. The quantitative estimate of drug-likeness (QED) is 0.665. The third kappa shape index (κ3) is 4.30. The molecule has 0 spiro atoms. The summed E-state index contributed by atoms with van der Waals surface area (Å²) in [6.07, 6.45) is 0.215. The summed E-state index contributed by atoms with van der Waals surface area (Å²) in [5.41, 5.74) is 4.25. The number of anilines is 1. The molecule has 0 saturated carbocycles. The highest BCUT2D eigenvalue weighted by Gasteiger charge is 2.35. The molecule has 4 rings (SSSR count). The summed E-state index contributed by atoms with van der Waals surface area (Å²) in [6.45, 7) is 4.69. The van der Waals surface area contributed by atoms with E-state index in [1.807, 2.05) is 73.1 Å². The van der Waals surface area contributed by atoms with Crippen LogP contribution in [0, 0.1) is 19.8 Å². The van der Waals surface area contributed by atoms with E-state index in [0.29, 0.717) is 18.8 Å². The summed E-state index contributed by atoms with van der Waals surface area (Å²) in [4.78, 5) is 27.2. The number of hydrogen-bond donors (Lipinski definition) is 1. The van der Waals surface area contributed by atoms with Crippen LogP contribution in [0.2, 0.25) is 0 Å². The van der Waals surface area contributed by atoms with Crippen molar-refractivity contribution in [1.29, 1.82) is 0 Å². The van der Waals surface area contributed by atoms with E-state index < -0.39 is 0 Å². The lowest BCUT2D eigenvalue weighted by Gasteiger charge is -2.17. The fourth-order valence-corrected chi connectivity index (χ4v) is 3.92. The number of aromatic nitrogens is 2. The van der Waals surface area contributed by atoms with E-state index in [2.05, 4.69) is 10.4 Å². The smallest absolute Gasteiger partial charge is 0.229 e. The average molecular weight is 418 g/mol. The second-order valence-electron chi connectivity index (χ2n) is 7.81. The minimum atomic E-state index is -0.385. The Bertz CT molecular complexity index is 1090. The van der Waals surface area contributed by atoms with E-state index in [-0.39, 0.29) is 24.2 Å². The normalized spacial score (nSPS) is 15.9. The zero-order valence-electron chi connectivity index (χ0n) is 18.0. The van der Waals surface area contributed by atoms with E-state index >= 15 is 0 Å². The zero-order valence-corrected chi connectivity index (χ0v) is 18.0. The number of carbonyl (C=O) groups is 2. The Morgan fingerprint density at radius 3 is 2.52 bits per heavy atom. The molecule has 7 nitrogen and oxygen atoms in total. The summed E-state index contributed by atoms with van der Waals surface area (Å²) < 4.78 is 6.99. The number of rotatable bonds is 6. The standard InChI is InChI=1S/C24H26N4O3/c1-16-23(17(2)28(26-16)20-7-5-4-6-8-20)25-24(30)19-13-22(29)27(15-19)14-18-9-11-21(31-3)12-10-18/h4-12,19H,13-15H2,1-3H3,(H,25,30). The molecule has 1 unspecified atom stereocenters. The molecule has 0 radical (unpaired) electrons. The molecule has 1 aliphatic heterocycles. The summed E-state index contributed by atoms with van der Waals surface area (Å²) in [5, 5.41) is 7.59. The van der Waals surface area contributed by atoms with Gasteiger partial charge in [0, 0.05) is 19.5 Å². The van der Waals surface area contributed by atoms with Gasteiger partial charge in [0.1, 0.15) is 5.75 Å². The van der Waals surface area contributed by atoms with Crippen molar-refractivity contribution in [2.45, 2.75) is 26.8 Å². The third-order valence-corrected chi connectivity index (χ3v) is 5.66. The molecule has 1 N–H and O–H groups in total. The highest BCUT2D eigenvalue weighted by atomic mass is 16.5. The number of para-hydroxylation sites is 1. The molecule has 2 amide bonds. The van der Waals surface area contributed by atoms with Gasteiger partial charge in [0.2, 0.25) is 11.8 Å². The second-order valence-corrected chi connectivity index (χ2v) is 7.81. The first-order chi connectivity index (χ1) is 15.0. The van der Waals surface area contributed by atoms with Crippen LogP contribution in [0.4, 0.5) is 5.69 Å². The van der Waals surface area contributed by atoms with Gasteiger partial charge in [0.05, 0.1) is 35.8 Å². The topological polar surface area (TPSA) is 76.5 Å². The number of hydrogen-bond acceptors (Lipinski definition) is 4. The highest BCUT2D eigenvalue weighted by molar-refractivity contribution is 5.98. The van der Waals surface area contributed by atoms with Gasteiger partial charge in [0.15, 0.2) is 0 Å². The Balaban J connectivity index is 1.43. The van der Waals surface area contributed by atoms with Crippen LogP contribution in [0.1, 0.15) is 23.4 Å². The van der Waals surface area contributed by atoms with E-state index in [0.717, 1.165) is 28.4 Å². The van der Waals surface area contributed by atoms with Gasteiger partial charge < -0.3 is 15.0 Å². The molecule has 1 saturated heterocycles. The molecular formula is C24H26N4O3. The molecule has 1 aliphatic rings. The summed E-state index contributed by atoms with van der Waals surface area (Å²) in [5.74, 6) is 0.231. The molecule has 2 aromatic carbocycles. The summed E-state index contributed by atoms with van der Waals surface area (Å²) in [7, 11) is 1.62. The van der Waals surface area contributed by atoms with Crippen molar-refractivity contribution in [2.24, 2.45) is 5.92 Å². The van der Waals surface area contributed by atoms with Gasteiger partial charge in [-0.3, -0.25) is 9.59 Å². The van der Waals surface area contributed by atoms with Crippen LogP contribution >= 0.6 is 0 Å². The molecule has 2 heterocycles. The number of amides is 2. The van der Waals surface area contributed by atoms with Gasteiger partial charge in [0.25, 0.3) is 0 Å². The molecule has 1 atom stereocenters. The minimum Gasteiger partial charge on any atom is -0.497 e. The van der Waals surface area contributed by atoms with Gasteiger partial charge in [-0.1, -0.05) is 30.3 Å². The molecule has 1 fully saturated rings. The van der Waals surface area contributed by atoms with Crippen molar-refractivity contribution < 1.29 is 14.3 Å². The van der Waals surface area contributed by atoms with E-state index in [4.69, 9.17) is 4.74 Å². The number of ether oxygens (including phenoxy) is 1. The van der Waals surface area contributed by atoms with Crippen LogP contribution in [0.15, 0.2) is 54.6 Å². The van der Waals surface area contributed by atoms with Crippen LogP contribution in [-0.2, 0) is 16.1 Å². The first-order valence-electron chi connectivity index (χ1n) is 10.3. The number of nitrogens with one attached hydrogen (secondary N) is 1. The molecule has 3 aromatic rings. The molecular weight excluding hydrogens is 392 g/mol. The van der Waals surface area contributed by atoms with Gasteiger partial charge in [-0.15, -0.1) is 0 Å². The van der Waals surface area contributed by atoms with Crippen LogP contribution in [0.5, 0.6) is 5.75 Å². The minimum absolute atomic E-state index is 0.00982. The lowest BCUT2D eigenvalue weighted by molar-refractivity contribution is -0.128. The van der Waals surface area contributed by atoms with E-state index in [1.165, 1.54) is 0 Å². The number of nitrogens with zero attached hydrogens (tertiary/aromatic N) is 3. The highest BCUT2D eigenvalue weighted by Crippen LogP contribution is 2.26. The maximum atomic E-state index is 12.9. The number of aryl methyl sites for hydroxylation is 1. The van der Waals surface area contributed by atoms with Gasteiger partial charge in [-0.25, -0.2) is 4.68 Å². The lowest BCUT2D eigenvalue weighted by atomic mass is 10.1. The Morgan fingerprint density at radius 2 is 1.84 bits per heavy atom. The van der Waals surface area contributed by atoms with Crippen LogP contribution in [0.3, 0.4) is 0 Å². The predicted octanol–water partition coefficient (Wildman–Crippen LogP) is 3.48. The van der Waals surface area contributed by atoms with Crippen molar-refractivity contribution in [3.8, 4) is 11.4 Å². The van der Waals surface area contributed by atoms with E-state index in [1.54, 1.807) is 12.0 Å². The average Bonchev–Trinajstić information content (AvgIpc) is 3.29. The summed E-state index contributed by atoms with van der Waals surface area (Å²) in [6, 6.07) is 17.4. The van der Waals surface area contributed by atoms with Crippen molar-refractivity contribution in [3.63, 3.8) is 0 Å². The Hall–Kier alpha value is -3.61. The number of methoxy groups -OCH3 is 1. The second kappa shape index (κ2) is 8.63. The Labute approximate surface area is 181 Å². The molecule has 1 aromatic heterocycles. The molecule has 0 aliphatic carbocycles. The van der Waals surface area contributed by atoms with Crippen molar-refractivity contribution in [2.75, 3.05) is 19.0 Å². The van der Waals surface area contributed by atoms with Crippen LogP contribution in [-0.4, -0.2) is 40.1 Å². The first kappa shape index (κ1) is 20.7. The first-order valence-corrected chi connectivity index (χ1v) is 10.3. The fourth-order valence-electron chi connectivity index (χ4n) is 3.92. The van der Waals surface area contributed by atoms with Crippen LogP contribution < -0.4 is 10.1 Å². The van der Waals surface area contributed by atoms with Crippen LogP contribution in [0.25, 0.3) is 5.69 Å². The molecule has 7 heteroatoms. The van der Waals surface area contributed by atoms with Crippen molar-refractivity contribution >= 4 is 17.5 Å². The Morgan fingerprint density at radius 1 is 1.13 bits per heavy atom. The van der Waals surface area contributed by atoms with E-state index in [9.17, 15) is 9.59 Å². The summed E-state index contributed by atoms with van der Waals surface area (Å²) >= 11 is 0.